The number of aromatic hydroxyl groups is 1. The highest BCUT2D eigenvalue weighted by atomic mass is 35.5. The zero-order chi connectivity index (χ0) is 25.9. The molecule has 1 aliphatic rings. The third-order valence-corrected chi connectivity index (χ3v) is 8.06. The van der Waals surface area contributed by atoms with E-state index in [1.54, 1.807) is 12.1 Å². The molecule has 0 atom stereocenters. The summed E-state index contributed by atoms with van der Waals surface area (Å²) in [4.78, 5) is 1.27. The van der Waals surface area contributed by atoms with E-state index in [1.165, 1.54) is 43.2 Å². The van der Waals surface area contributed by atoms with Crippen molar-refractivity contribution in [2.24, 2.45) is 0 Å². The number of benzene rings is 3. The maximum atomic E-state index is 14.5. The minimum Gasteiger partial charge on any atom is -0.508 e. The third-order valence-electron chi connectivity index (χ3n) is 5.92. The SMILES string of the molecule is O=S(=O)(c1ccc(F)c(F)c1F)N(Cc1ccc(O)cc1Cl)c1ccc(OCCN2CCCC2)cc1. The molecule has 0 bridgehead atoms. The number of halogens is 4. The second kappa shape index (κ2) is 11.0. The zero-order valence-electron chi connectivity index (χ0n) is 19.1. The zero-order valence-corrected chi connectivity index (χ0v) is 20.7. The first-order valence-electron chi connectivity index (χ1n) is 11.3. The number of hydrogen-bond acceptors (Lipinski definition) is 5. The Kier molecular flexibility index (Phi) is 7.97. The minimum absolute atomic E-state index is 0.0721. The van der Waals surface area contributed by atoms with Crippen LogP contribution in [0.2, 0.25) is 5.02 Å². The predicted molar refractivity (Wildman–Crippen MR) is 130 cm³/mol. The van der Waals surface area contributed by atoms with Gasteiger partial charge in [0, 0.05) is 11.6 Å². The summed E-state index contributed by atoms with van der Waals surface area (Å²) in [6.07, 6.45) is 2.34. The van der Waals surface area contributed by atoms with Crippen LogP contribution in [0.15, 0.2) is 59.5 Å². The van der Waals surface area contributed by atoms with Crippen molar-refractivity contribution in [3.05, 3.63) is 82.6 Å². The summed E-state index contributed by atoms with van der Waals surface area (Å²) in [5.41, 5.74) is 0.419. The maximum Gasteiger partial charge on any atom is 0.267 e. The van der Waals surface area contributed by atoms with Gasteiger partial charge in [0.1, 0.15) is 23.0 Å². The van der Waals surface area contributed by atoms with Gasteiger partial charge in [0.15, 0.2) is 17.5 Å². The van der Waals surface area contributed by atoms with Gasteiger partial charge in [-0.2, -0.15) is 0 Å². The second-order valence-corrected chi connectivity index (χ2v) is 10.6. The number of nitrogens with zero attached hydrogens (tertiary/aromatic N) is 2. The van der Waals surface area contributed by atoms with Crippen molar-refractivity contribution in [2.75, 3.05) is 30.5 Å². The number of likely N-dealkylation sites (tertiary alicyclic amines) is 1. The van der Waals surface area contributed by atoms with Crippen LogP contribution in [0.4, 0.5) is 18.9 Å². The van der Waals surface area contributed by atoms with Crippen molar-refractivity contribution in [1.29, 1.82) is 0 Å². The van der Waals surface area contributed by atoms with Crippen LogP contribution in [0.5, 0.6) is 11.5 Å². The van der Waals surface area contributed by atoms with E-state index >= 15 is 0 Å². The van der Waals surface area contributed by atoms with E-state index in [0.29, 0.717) is 30.1 Å². The van der Waals surface area contributed by atoms with Crippen molar-refractivity contribution >= 4 is 27.3 Å². The average Bonchev–Trinajstić information content (AvgIpc) is 3.36. The summed E-state index contributed by atoms with van der Waals surface area (Å²) in [6.45, 7) is 2.95. The molecule has 1 heterocycles. The first-order valence-corrected chi connectivity index (χ1v) is 13.1. The van der Waals surface area contributed by atoms with Crippen LogP contribution in [0.1, 0.15) is 18.4 Å². The molecule has 4 rings (SSSR count). The highest BCUT2D eigenvalue weighted by molar-refractivity contribution is 7.92. The molecule has 0 aromatic heterocycles. The first-order chi connectivity index (χ1) is 17.2. The summed E-state index contributed by atoms with van der Waals surface area (Å²) in [5.74, 6) is -4.83. The van der Waals surface area contributed by atoms with Crippen molar-refractivity contribution in [2.45, 2.75) is 24.3 Å². The molecule has 1 N–H and O–H groups in total. The van der Waals surface area contributed by atoms with Gasteiger partial charge in [-0.3, -0.25) is 9.21 Å². The van der Waals surface area contributed by atoms with Crippen molar-refractivity contribution in [1.82, 2.24) is 4.90 Å². The molecule has 1 aliphatic heterocycles. The largest absolute Gasteiger partial charge is 0.508 e. The topological polar surface area (TPSA) is 70.1 Å². The highest BCUT2D eigenvalue weighted by Gasteiger charge is 2.31. The van der Waals surface area contributed by atoms with Gasteiger partial charge >= 0.3 is 0 Å². The average molecular weight is 541 g/mol. The first kappa shape index (κ1) is 26.1. The number of phenolic OH excluding ortho intramolecular Hbond substituents is 1. The van der Waals surface area contributed by atoms with Crippen LogP contribution >= 0.6 is 11.6 Å². The Hall–Kier alpha value is -2.95. The molecule has 0 aliphatic carbocycles. The molecule has 0 radical (unpaired) electrons. The molecule has 1 saturated heterocycles. The Balaban J connectivity index is 1.64. The molecule has 0 spiro atoms. The monoisotopic (exact) mass is 540 g/mol. The molecule has 6 nitrogen and oxygen atoms in total. The van der Waals surface area contributed by atoms with Gasteiger partial charge in [-0.05, 0) is 80.0 Å². The summed E-state index contributed by atoms with van der Waals surface area (Å²) >= 11 is 6.18. The fourth-order valence-corrected chi connectivity index (χ4v) is 5.70. The molecule has 0 amide bonds. The van der Waals surface area contributed by atoms with Crippen LogP contribution in [-0.2, 0) is 16.6 Å². The summed E-state index contributed by atoms with van der Waals surface area (Å²) in [5, 5.41) is 9.70. The van der Waals surface area contributed by atoms with Crippen LogP contribution in [0.25, 0.3) is 0 Å². The van der Waals surface area contributed by atoms with E-state index in [9.17, 15) is 26.7 Å². The standard InChI is InChI=1S/C25H24ClF3N2O4S/c26-21-15-19(32)6-3-17(21)16-31(36(33,34)23-10-9-22(27)24(28)25(23)29)18-4-7-20(8-5-18)35-14-13-30-11-1-2-12-30/h3-10,15,32H,1-2,11-14,16H2. The lowest BCUT2D eigenvalue weighted by molar-refractivity contribution is 0.238. The second-order valence-electron chi connectivity index (χ2n) is 8.35. The molecule has 11 heteroatoms. The Labute approximate surface area is 212 Å². The molecule has 0 unspecified atom stereocenters. The fraction of sp³-hybridized carbons (Fsp3) is 0.280. The van der Waals surface area contributed by atoms with Crippen LogP contribution in [0.3, 0.4) is 0 Å². The molecule has 36 heavy (non-hydrogen) atoms. The van der Waals surface area contributed by atoms with Crippen LogP contribution < -0.4 is 9.04 Å². The normalized spacial score (nSPS) is 14.2. The lowest BCUT2D eigenvalue weighted by Gasteiger charge is -2.26. The van der Waals surface area contributed by atoms with Gasteiger partial charge in [-0.25, -0.2) is 21.6 Å². The lowest BCUT2D eigenvalue weighted by Crippen LogP contribution is -2.31. The number of rotatable bonds is 9. The lowest BCUT2D eigenvalue weighted by atomic mass is 10.2. The van der Waals surface area contributed by atoms with Gasteiger partial charge in [-0.15, -0.1) is 0 Å². The van der Waals surface area contributed by atoms with Crippen LogP contribution in [-0.4, -0.2) is 44.7 Å². The predicted octanol–water partition coefficient (Wildman–Crippen LogP) is 5.33. The number of phenols is 1. The molecule has 0 saturated carbocycles. The number of anilines is 1. The molecule has 3 aromatic carbocycles. The van der Waals surface area contributed by atoms with Gasteiger partial charge in [0.05, 0.1) is 12.2 Å². The summed E-state index contributed by atoms with van der Waals surface area (Å²) in [6, 6.07) is 11.3. The van der Waals surface area contributed by atoms with Gasteiger partial charge in [-0.1, -0.05) is 17.7 Å². The summed E-state index contributed by atoms with van der Waals surface area (Å²) < 4.78 is 75.4. The number of hydrogen-bond donors (Lipinski definition) is 1. The van der Waals surface area contributed by atoms with Crippen molar-refractivity contribution in [3.8, 4) is 11.5 Å². The van der Waals surface area contributed by atoms with E-state index in [2.05, 4.69) is 4.90 Å². The smallest absolute Gasteiger partial charge is 0.267 e. The highest BCUT2D eigenvalue weighted by Crippen LogP contribution is 2.32. The molecule has 3 aromatic rings. The molecule has 192 valence electrons. The number of sulfonamides is 1. The van der Waals surface area contributed by atoms with E-state index in [-0.39, 0.29) is 23.0 Å². The van der Waals surface area contributed by atoms with Gasteiger partial charge < -0.3 is 9.84 Å². The Morgan fingerprint density at radius 3 is 2.33 bits per heavy atom. The van der Waals surface area contributed by atoms with Gasteiger partial charge in [0.2, 0.25) is 0 Å². The van der Waals surface area contributed by atoms with Crippen LogP contribution in [0, 0.1) is 17.5 Å². The van der Waals surface area contributed by atoms with E-state index in [0.717, 1.165) is 23.9 Å². The quantitative estimate of drug-likeness (QED) is 0.371. The minimum atomic E-state index is -4.71. The van der Waals surface area contributed by atoms with E-state index in [4.69, 9.17) is 16.3 Å². The van der Waals surface area contributed by atoms with Crippen molar-refractivity contribution in [3.63, 3.8) is 0 Å². The van der Waals surface area contributed by atoms with Crippen molar-refractivity contribution < 1.29 is 31.4 Å². The Morgan fingerprint density at radius 2 is 1.67 bits per heavy atom. The maximum absolute atomic E-state index is 14.5. The Morgan fingerprint density at radius 1 is 0.972 bits per heavy atom. The Bertz CT molecular complexity index is 1330. The van der Waals surface area contributed by atoms with E-state index in [1.807, 2.05) is 0 Å². The third kappa shape index (κ3) is 5.71. The number of ether oxygens (including phenoxy) is 1. The fourth-order valence-electron chi connectivity index (χ4n) is 3.97. The molecule has 1 fully saturated rings. The van der Waals surface area contributed by atoms with E-state index < -0.39 is 32.4 Å². The van der Waals surface area contributed by atoms with Gasteiger partial charge in [0.25, 0.3) is 10.0 Å². The summed E-state index contributed by atoms with van der Waals surface area (Å²) in [7, 11) is -4.71. The molecular formula is C25H24ClF3N2O4S. The molecular weight excluding hydrogens is 517 g/mol.